The topological polar surface area (TPSA) is 84.2 Å². The number of aliphatic hydroxyl groups excluding tert-OH is 1. The highest BCUT2D eigenvalue weighted by molar-refractivity contribution is 7.99. The van der Waals surface area contributed by atoms with Gasteiger partial charge >= 0.3 is 0 Å². The number of aliphatic hydroxyl groups is 1. The molecule has 1 aromatic rings. The molecule has 1 amide bonds. The third-order valence-electron chi connectivity index (χ3n) is 3.43. The Bertz CT molecular complexity index is 554. The van der Waals surface area contributed by atoms with Crippen LogP contribution < -0.4 is 10.9 Å². The van der Waals surface area contributed by atoms with Crippen LogP contribution in [0.4, 0.5) is 0 Å². The van der Waals surface area contributed by atoms with Crippen molar-refractivity contribution >= 4 is 17.7 Å². The maximum absolute atomic E-state index is 12.2. The number of hydrogen-bond acceptors (Lipinski definition) is 5. The molecule has 2 unspecified atom stereocenters. The number of nitrogens with one attached hydrogen (secondary N) is 1. The van der Waals surface area contributed by atoms with Crippen molar-refractivity contribution in [3.8, 4) is 0 Å². The largest absolute Gasteiger partial charge is 0.394 e. The van der Waals surface area contributed by atoms with Gasteiger partial charge in [-0.05, 0) is 13.3 Å². The lowest BCUT2D eigenvalue weighted by Gasteiger charge is -2.26. The summed E-state index contributed by atoms with van der Waals surface area (Å²) in [4.78, 5) is 28.4. The molecule has 1 aliphatic rings. The molecule has 7 heteroatoms. The van der Waals surface area contributed by atoms with E-state index >= 15 is 0 Å². The monoisotopic (exact) mass is 297 g/mol. The molecule has 0 bridgehead atoms. The Kier molecular flexibility index (Phi) is 4.82. The van der Waals surface area contributed by atoms with Gasteiger partial charge in [-0.25, -0.2) is 4.98 Å². The van der Waals surface area contributed by atoms with Crippen LogP contribution in [0.2, 0.25) is 0 Å². The minimum absolute atomic E-state index is 0.0701. The first-order chi connectivity index (χ1) is 9.56. The van der Waals surface area contributed by atoms with Gasteiger partial charge in [0.05, 0.1) is 18.6 Å². The molecule has 1 aliphatic heterocycles. The Labute approximate surface area is 121 Å². The van der Waals surface area contributed by atoms with E-state index in [0.29, 0.717) is 29.4 Å². The van der Waals surface area contributed by atoms with Gasteiger partial charge in [0.25, 0.3) is 5.56 Å². The van der Waals surface area contributed by atoms with Crippen molar-refractivity contribution in [1.29, 1.82) is 0 Å². The second-order valence-corrected chi connectivity index (χ2v) is 5.93. The van der Waals surface area contributed by atoms with Crippen molar-refractivity contribution in [2.24, 2.45) is 5.92 Å². The lowest BCUT2D eigenvalue weighted by atomic mass is 10.1. The van der Waals surface area contributed by atoms with Gasteiger partial charge in [-0.3, -0.25) is 14.2 Å². The summed E-state index contributed by atoms with van der Waals surface area (Å²) in [5.41, 5.74) is 0.492. The minimum Gasteiger partial charge on any atom is -0.394 e. The van der Waals surface area contributed by atoms with Crippen LogP contribution in [-0.2, 0) is 11.3 Å². The summed E-state index contributed by atoms with van der Waals surface area (Å²) < 4.78 is 1.56. The summed E-state index contributed by atoms with van der Waals surface area (Å²) >= 11 is 1.42. The number of aryl methyl sites for hydroxylation is 1. The highest BCUT2D eigenvalue weighted by Gasteiger charge is 2.27. The van der Waals surface area contributed by atoms with Crippen LogP contribution in [0.25, 0.3) is 0 Å². The summed E-state index contributed by atoms with van der Waals surface area (Å²) in [6, 6.07) is -0.221. The van der Waals surface area contributed by atoms with Crippen molar-refractivity contribution in [2.75, 3.05) is 12.4 Å². The molecule has 2 heterocycles. The van der Waals surface area contributed by atoms with E-state index in [1.54, 1.807) is 17.7 Å². The summed E-state index contributed by atoms with van der Waals surface area (Å²) in [6.45, 7) is 3.91. The number of nitrogens with zero attached hydrogens (tertiary/aromatic N) is 2. The summed E-state index contributed by atoms with van der Waals surface area (Å²) in [6.07, 6.45) is 2.25. The minimum atomic E-state index is -0.269. The Morgan fingerprint density at radius 3 is 3.10 bits per heavy atom. The molecule has 0 radical (unpaired) electrons. The number of carbonyl (C=O) groups is 1. The lowest BCUT2D eigenvalue weighted by molar-refractivity contribution is -0.125. The highest BCUT2D eigenvalue weighted by Crippen LogP contribution is 2.25. The number of fused-ring (bicyclic) bond motifs is 1. The van der Waals surface area contributed by atoms with E-state index in [1.807, 2.05) is 6.92 Å². The Morgan fingerprint density at radius 2 is 2.45 bits per heavy atom. The van der Waals surface area contributed by atoms with Crippen molar-refractivity contribution in [3.63, 3.8) is 0 Å². The predicted molar refractivity (Wildman–Crippen MR) is 76.8 cm³/mol. The maximum atomic E-state index is 12.2. The van der Waals surface area contributed by atoms with Gasteiger partial charge in [-0.15, -0.1) is 0 Å². The lowest BCUT2D eigenvalue weighted by Crippen LogP contribution is -2.45. The number of aromatic nitrogens is 2. The fourth-order valence-corrected chi connectivity index (χ4v) is 3.10. The molecule has 0 spiro atoms. The van der Waals surface area contributed by atoms with Gasteiger partial charge in [0.15, 0.2) is 5.16 Å². The van der Waals surface area contributed by atoms with E-state index in [4.69, 9.17) is 5.11 Å². The van der Waals surface area contributed by atoms with Crippen LogP contribution in [0.3, 0.4) is 0 Å². The summed E-state index contributed by atoms with van der Waals surface area (Å²) in [5, 5.41) is 12.6. The van der Waals surface area contributed by atoms with Crippen LogP contribution in [0.15, 0.2) is 16.1 Å². The highest BCUT2D eigenvalue weighted by atomic mass is 32.2. The quantitative estimate of drug-likeness (QED) is 0.774. The van der Waals surface area contributed by atoms with E-state index in [-0.39, 0.29) is 30.0 Å². The van der Waals surface area contributed by atoms with Gasteiger partial charge in [0.2, 0.25) is 5.91 Å². The zero-order valence-electron chi connectivity index (χ0n) is 11.6. The van der Waals surface area contributed by atoms with Gasteiger partial charge in [0.1, 0.15) is 0 Å². The first-order valence-electron chi connectivity index (χ1n) is 6.67. The number of amides is 1. The Morgan fingerprint density at radius 1 is 1.70 bits per heavy atom. The average molecular weight is 297 g/mol. The molecule has 2 N–H and O–H groups in total. The van der Waals surface area contributed by atoms with Gasteiger partial charge in [0, 0.05) is 24.1 Å². The van der Waals surface area contributed by atoms with Crippen molar-refractivity contribution in [3.05, 3.63) is 22.1 Å². The molecule has 0 saturated heterocycles. The van der Waals surface area contributed by atoms with Gasteiger partial charge < -0.3 is 10.4 Å². The molecule has 0 aromatic carbocycles. The van der Waals surface area contributed by atoms with Crippen LogP contribution >= 0.6 is 11.8 Å². The van der Waals surface area contributed by atoms with E-state index in [1.165, 1.54) is 11.8 Å². The molecule has 1 aromatic heterocycles. The zero-order chi connectivity index (χ0) is 14.7. The smallest absolute Gasteiger partial charge is 0.257 e. The van der Waals surface area contributed by atoms with E-state index < -0.39 is 0 Å². The number of hydrogen-bond donors (Lipinski definition) is 2. The maximum Gasteiger partial charge on any atom is 0.257 e. The van der Waals surface area contributed by atoms with Crippen LogP contribution in [-0.4, -0.2) is 39.0 Å². The van der Waals surface area contributed by atoms with Crippen molar-refractivity contribution in [2.45, 2.75) is 38.0 Å². The summed E-state index contributed by atoms with van der Waals surface area (Å²) in [5.74, 6) is 0.218. The average Bonchev–Trinajstić information content (AvgIpc) is 2.48. The molecule has 110 valence electrons. The van der Waals surface area contributed by atoms with Gasteiger partial charge in [-0.1, -0.05) is 18.7 Å². The molecule has 0 saturated carbocycles. The SMILES string of the molecule is CCC(CO)NC(=O)C1CSc2ncc(C)c(=O)n2C1. The Balaban J connectivity index is 2.13. The molecular formula is C13H19N3O3S. The van der Waals surface area contributed by atoms with Crippen LogP contribution in [0, 0.1) is 12.8 Å². The fraction of sp³-hybridized carbons (Fsp3) is 0.615. The van der Waals surface area contributed by atoms with Crippen molar-refractivity contribution in [1.82, 2.24) is 14.9 Å². The standard InChI is InChI=1S/C13H19N3O3S/c1-3-10(6-17)15-11(18)9-5-16-12(19)8(2)4-14-13(16)20-7-9/h4,9-10,17H,3,5-7H2,1-2H3,(H,15,18). The first-order valence-corrected chi connectivity index (χ1v) is 7.65. The zero-order valence-corrected chi connectivity index (χ0v) is 12.4. The van der Waals surface area contributed by atoms with E-state index in [2.05, 4.69) is 10.3 Å². The van der Waals surface area contributed by atoms with Crippen LogP contribution in [0.1, 0.15) is 18.9 Å². The second-order valence-electron chi connectivity index (χ2n) is 4.94. The molecule has 6 nitrogen and oxygen atoms in total. The molecule has 2 rings (SSSR count). The Hall–Kier alpha value is -1.34. The van der Waals surface area contributed by atoms with Crippen molar-refractivity contribution < 1.29 is 9.90 Å². The second kappa shape index (κ2) is 6.41. The summed E-state index contributed by atoms with van der Waals surface area (Å²) in [7, 11) is 0. The van der Waals surface area contributed by atoms with E-state index in [0.717, 1.165) is 0 Å². The van der Waals surface area contributed by atoms with Gasteiger partial charge in [-0.2, -0.15) is 0 Å². The molecule has 0 fully saturated rings. The normalized spacial score (nSPS) is 19.2. The third kappa shape index (κ3) is 3.04. The predicted octanol–water partition coefficient (Wildman–Crippen LogP) is 0.161. The molecule has 0 aliphatic carbocycles. The van der Waals surface area contributed by atoms with Crippen LogP contribution in [0.5, 0.6) is 0 Å². The number of carbonyl (C=O) groups excluding carboxylic acids is 1. The third-order valence-corrected chi connectivity index (χ3v) is 4.58. The fourth-order valence-electron chi connectivity index (χ4n) is 2.06. The first kappa shape index (κ1) is 15.1. The number of thioether (sulfide) groups is 1. The molecule has 2 atom stereocenters. The molecular weight excluding hydrogens is 278 g/mol. The number of rotatable bonds is 4. The van der Waals surface area contributed by atoms with E-state index in [9.17, 15) is 9.59 Å². The molecule has 20 heavy (non-hydrogen) atoms.